The molecule has 1 aromatic heterocycles. The summed E-state index contributed by atoms with van der Waals surface area (Å²) in [6.07, 6.45) is -1.72. The molecule has 3 rings (SSSR count). The molecule has 0 radical (unpaired) electrons. The summed E-state index contributed by atoms with van der Waals surface area (Å²) in [5.74, 6) is 0. The minimum Gasteiger partial charge on any atom is -0.786 e. The van der Waals surface area contributed by atoms with E-state index in [9.17, 15) is 15.1 Å². The monoisotopic (exact) mass is 397 g/mol. The first-order chi connectivity index (χ1) is 12.8. The van der Waals surface area contributed by atoms with E-state index in [-0.39, 0.29) is 12.7 Å². The highest BCUT2D eigenvalue weighted by molar-refractivity contribution is 7.39. The van der Waals surface area contributed by atoms with Crippen LogP contribution in [0.5, 0.6) is 0 Å². The van der Waals surface area contributed by atoms with Gasteiger partial charge in [0, 0.05) is 0 Å². The maximum absolute atomic E-state index is 12.1. The van der Waals surface area contributed by atoms with E-state index in [2.05, 4.69) is 4.98 Å². The fourth-order valence-electron chi connectivity index (χ4n) is 3.06. The highest BCUT2D eigenvalue weighted by atomic mass is 31.2. The van der Waals surface area contributed by atoms with Gasteiger partial charge in [-0.3, -0.25) is 0 Å². The summed E-state index contributed by atoms with van der Waals surface area (Å²) in [4.78, 5) is 16.5. The van der Waals surface area contributed by atoms with E-state index in [1.807, 2.05) is 32.9 Å². The minimum absolute atomic E-state index is 0.236. The Bertz CT molecular complexity index is 785. The van der Waals surface area contributed by atoms with Crippen LogP contribution in [0.15, 0.2) is 18.5 Å². The molecule has 27 heavy (non-hydrogen) atoms. The second-order valence-corrected chi connectivity index (χ2v) is 7.80. The molecule has 1 saturated heterocycles. The van der Waals surface area contributed by atoms with Crippen molar-refractivity contribution in [1.29, 1.82) is 0 Å². The van der Waals surface area contributed by atoms with Gasteiger partial charge in [0.2, 0.25) is 0 Å². The first-order valence-corrected chi connectivity index (χ1v) is 10.1. The molecular formula is C18H26N2O6P-. The SMILES string of the molecule is CC[C@@H](C)OP([O-])O[C@H]1[C@@H](O)[C@@H](n2cnc3cc(C)c(C)cc32)O[C@@H]1CO. The maximum Gasteiger partial charge on any atom is 0.164 e. The highest BCUT2D eigenvalue weighted by Crippen LogP contribution is 2.41. The number of hydrogen-bond acceptors (Lipinski definition) is 7. The van der Waals surface area contributed by atoms with Crippen LogP contribution in [0.1, 0.15) is 37.6 Å². The van der Waals surface area contributed by atoms with Crippen molar-refractivity contribution in [1.82, 2.24) is 9.55 Å². The number of hydrogen-bond donors (Lipinski definition) is 2. The molecule has 1 aromatic carbocycles. The number of benzene rings is 1. The second-order valence-electron chi connectivity index (χ2n) is 6.93. The second kappa shape index (κ2) is 8.49. The Hall–Kier alpha value is -1.12. The van der Waals surface area contributed by atoms with Gasteiger partial charge >= 0.3 is 0 Å². The molecule has 0 spiro atoms. The van der Waals surface area contributed by atoms with Crippen LogP contribution < -0.4 is 4.89 Å². The number of ether oxygens (including phenoxy) is 1. The van der Waals surface area contributed by atoms with Crippen LogP contribution in [0.25, 0.3) is 11.0 Å². The van der Waals surface area contributed by atoms with Gasteiger partial charge in [0.1, 0.15) is 18.3 Å². The number of aromatic nitrogens is 2. The molecule has 2 aromatic rings. The average Bonchev–Trinajstić information content (AvgIpc) is 3.16. The molecule has 2 N–H and O–H groups in total. The molecule has 1 unspecified atom stereocenters. The van der Waals surface area contributed by atoms with Crippen molar-refractivity contribution in [2.45, 2.75) is 64.8 Å². The largest absolute Gasteiger partial charge is 0.786 e. The maximum atomic E-state index is 12.1. The van der Waals surface area contributed by atoms with Crippen LogP contribution in [0, 0.1) is 13.8 Å². The number of aryl methyl sites for hydroxylation is 2. The van der Waals surface area contributed by atoms with Crippen molar-refractivity contribution in [2.24, 2.45) is 0 Å². The molecule has 1 fully saturated rings. The van der Waals surface area contributed by atoms with Crippen LogP contribution >= 0.6 is 8.60 Å². The Kier molecular flexibility index (Phi) is 6.48. The number of fused-ring (bicyclic) bond motifs is 1. The van der Waals surface area contributed by atoms with Crippen LogP contribution in [-0.4, -0.2) is 50.8 Å². The molecular weight excluding hydrogens is 371 g/mol. The number of aliphatic hydroxyl groups is 2. The van der Waals surface area contributed by atoms with Crippen LogP contribution in [0.4, 0.5) is 0 Å². The lowest BCUT2D eigenvalue weighted by Gasteiger charge is -2.30. The smallest absolute Gasteiger partial charge is 0.164 e. The molecule has 2 heterocycles. The van der Waals surface area contributed by atoms with E-state index in [1.54, 1.807) is 17.8 Å². The van der Waals surface area contributed by atoms with Crippen LogP contribution in [0.2, 0.25) is 0 Å². The first kappa shape index (κ1) is 20.6. The zero-order valence-electron chi connectivity index (χ0n) is 15.9. The van der Waals surface area contributed by atoms with Crippen LogP contribution in [0.3, 0.4) is 0 Å². The summed E-state index contributed by atoms with van der Waals surface area (Å²) >= 11 is 0. The standard InChI is InChI=1S/C18H26N2O6P/c1-5-12(4)25-27(23)26-17-15(8-21)24-18(16(17)22)20-9-19-13-6-10(2)11(3)7-14(13)20/h6-7,9,12,15-18,21-22H,5,8H2,1-4H3/q-1/t12-,15-,16-,17-,18+,27?/m1/s1. The van der Waals surface area contributed by atoms with Crippen molar-refractivity contribution >= 4 is 19.6 Å². The third kappa shape index (κ3) is 4.17. The van der Waals surface area contributed by atoms with Gasteiger partial charge in [0.05, 0.1) is 38.7 Å². The first-order valence-electron chi connectivity index (χ1n) is 9.04. The topological polar surface area (TPSA) is 109 Å². The number of aliphatic hydroxyl groups excluding tert-OH is 2. The lowest BCUT2D eigenvalue weighted by molar-refractivity contribution is -0.215. The van der Waals surface area contributed by atoms with Gasteiger partial charge in [-0.05, 0) is 50.5 Å². The molecule has 150 valence electrons. The molecule has 0 saturated carbocycles. The van der Waals surface area contributed by atoms with E-state index in [4.69, 9.17) is 13.8 Å². The number of rotatable bonds is 7. The lowest BCUT2D eigenvalue weighted by Crippen LogP contribution is -2.36. The van der Waals surface area contributed by atoms with E-state index >= 15 is 0 Å². The molecule has 1 aliphatic heterocycles. The van der Waals surface area contributed by atoms with Gasteiger partial charge in [-0.25, -0.2) is 4.98 Å². The quantitative estimate of drug-likeness (QED) is 0.685. The summed E-state index contributed by atoms with van der Waals surface area (Å²) in [5, 5.41) is 20.4. The van der Waals surface area contributed by atoms with Crippen molar-refractivity contribution in [3.63, 3.8) is 0 Å². The van der Waals surface area contributed by atoms with Gasteiger partial charge in [-0.1, -0.05) is 6.92 Å². The average molecular weight is 397 g/mol. The fraction of sp³-hybridized carbons (Fsp3) is 0.611. The van der Waals surface area contributed by atoms with Gasteiger partial charge in [0.25, 0.3) is 0 Å². The Labute approximate surface area is 159 Å². The molecule has 6 atom stereocenters. The summed E-state index contributed by atoms with van der Waals surface area (Å²) < 4.78 is 18.2. The summed E-state index contributed by atoms with van der Waals surface area (Å²) in [5.41, 5.74) is 3.80. The third-order valence-corrected chi connectivity index (χ3v) is 5.95. The third-order valence-electron chi connectivity index (χ3n) is 5.00. The summed E-state index contributed by atoms with van der Waals surface area (Å²) in [7, 11) is -2.44. The number of nitrogens with zero attached hydrogens (tertiary/aromatic N) is 2. The van der Waals surface area contributed by atoms with E-state index in [1.165, 1.54) is 0 Å². The Morgan fingerprint density at radius 1 is 1.37 bits per heavy atom. The lowest BCUT2D eigenvalue weighted by atomic mass is 10.1. The van der Waals surface area contributed by atoms with Crippen LogP contribution in [-0.2, 0) is 13.8 Å². The Balaban J connectivity index is 1.83. The van der Waals surface area contributed by atoms with Crippen molar-refractivity contribution in [3.05, 3.63) is 29.6 Å². The fourth-order valence-corrected chi connectivity index (χ4v) is 4.01. The normalized spacial score (nSPS) is 28.0. The minimum atomic E-state index is -2.44. The Morgan fingerprint density at radius 3 is 2.74 bits per heavy atom. The van der Waals surface area contributed by atoms with Gasteiger partial charge < -0.3 is 33.5 Å². The predicted octanol–water partition coefficient (Wildman–Crippen LogP) is 1.69. The molecule has 0 amide bonds. The molecule has 9 heteroatoms. The van der Waals surface area contributed by atoms with Gasteiger partial charge in [-0.2, -0.15) is 0 Å². The van der Waals surface area contributed by atoms with Gasteiger partial charge in [-0.15, -0.1) is 0 Å². The van der Waals surface area contributed by atoms with Crippen molar-refractivity contribution in [3.8, 4) is 0 Å². The number of imidazole rings is 1. The van der Waals surface area contributed by atoms with E-state index < -0.39 is 33.1 Å². The van der Waals surface area contributed by atoms with E-state index in [0.29, 0.717) is 6.42 Å². The molecule has 8 nitrogen and oxygen atoms in total. The highest BCUT2D eigenvalue weighted by Gasteiger charge is 2.46. The zero-order chi connectivity index (χ0) is 19.7. The summed E-state index contributed by atoms with van der Waals surface area (Å²) in [6, 6.07) is 3.94. The zero-order valence-corrected chi connectivity index (χ0v) is 16.8. The van der Waals surface area contributed by atoms with Gasteiger partial charge in [0.15, 0.2) is 6.23 Å². The van der Waals surface area contributed by atoms with Crippen molar-refractivity contribution < 1.29 is 28.9 Å². The molecule has 1 aliphatic rings. The molecule has 0 bridgehead atoms. The Morgan fingerprint density at radius 2 is 2.07 bits per heavy atom. The van der Waals surface area contributed by atoms with Crippen molar-refractivity contribution in [2.75, 3.05) is 6.61 Å². The predicted molar refractivity (Wildman–Crippen MR) is 98.8 cm³/mol. The van der Waals surface area contributed by atoms with E-state index in [0.717, 1.165) is 22.2 Å². The molecule has 0 aliphatic carbocycles. The summed E-state index contributed by atoms with van der Waals surface area (Å²) in [6.45, 7) is 7.31.